The monoisotopic (exact) mass is 1030 g/mol. The van der Waals surface area contributed by atoms with E-state index in [2.05, 4.69) is 69.4 Å². The molecule has 11 nitrogen and oxygen atoms in total. The van der Waals surface area contributed by atoms with Crippen LogP contribution in [-0.4, -0.2) is 66.5 Å². The largest absolute Gasteiger partial charge is 0.472 e. The van der Waals surface area contributed by atoms with Crippen molar-refractivity contribution in [3.05, 3.63) is 72.9 Å². The van der Waals surface area contributed by atoms with Gasteiger partial charge in [-0.2, -0.15) is 0 Å². The first-order chi connectivity index (χ1) is 35.2. The number of allylic oxidation sites excluding steroid dienone is 11. The van der Waals surface area contributed by atoms with Crippen LogP contribution in [0.2, 0.25) is 0 Å². The smallest absolute Gasteiger partial charge is 0.462 e. The first-order valence-electron chi connectivity index (χ1n) is 28.8. The lowest BCUT2D eigenvalue weighted by atomic mass is 10.1. The molecule has 0 rings (SSSR count). The summed E-state index contributed by atoms with van der Waals surface area (Å²) in [6.45, 7) is 4.42. The zero-order chi connectivity index (χ0) is 52.7. The summed E-state index contributed by atoms with van der Waals surface area (Å²) in [6, 6.07) is 0. The van der Waals surface area contributed by atoms with Crippen molar-refractivity contribution in [3.8, 4) is 0 Å². The first kappa shape index (κ1) is 68.9. The van der Waals surface area contributed by atoms with Crippen LogP contribution in [-0.2, 0) is 42.2 Å². The van der Waals surface area contributed by atoms with Crippen molar-refractivity contribution < 1.29 is 52.2 Å². The van der Waals surface area contributed by atoms with E-state index in [1.54, 1.807) is 6.08 Å². The Balaban J connectivity index is 4.75. The van der Waals surface area contributed by atoms with Gasteiger partial charge in [-0.15, -0.1) is 0 Å². The Bertz CT molecular complexity index is 1490. The molecule has 0 aliphatic carbocycles. The molecule has 72 heavy (non-hydrogen) atoms. The Morgan fingerprint density at radius 3 is 1.21 bits per heavy atom. The van der Waals surface area contributed by atoms with Crippen molar-refractivity contribution in [1.29, 1.82) is 0 Å². The van der Waals surface area contributed by atoms with Crippen LogP contribution in [0.15, 0.2) is 72.9 Å². The number of phosphoric acid groups is 1. The third kappa shape index (κ3) is 51.8. The molecule has 2 N–H and O–H groups in total. The molecule has 0 aromatic carbocycles. The van der Waals surface area contributed by atoms with Crippen LogP contribution in [0.25, 0.3) is 0 Å². The van der Waals surface area contributed by atoms with E-state index in [0.29, 0.717) is 19.3 Å². The average Bonchev–Trinajstić information content (AvgIpc) is 3.37. The van der Waals surface area contributed by atoms with Crippen molar-refractivity contribution >= 4 is 25.7 Å². The predicted molar refractivity (Wildman–Crippen MR) is 298 cm³/mol. The third-order valence-electron chi connectivity index (χ3n) is 12.1. The maximum atomic E-state index is 12.9. The van der Waals surface area contributed by atoms with Gasteiger partial charge in [0.2, 0.25) is 0 Å². The van der Waals surface area contributed by atoms with Crippen LogP contribution in [0.1, 0.15) is 252 Å². The maximum absolute atomic E-state index is 12.9. The minimum absolute atomic E-state index is 0.0554. The van der Waals surface area contributed by atoms with Gasteiger partial charge in [-0.1, -0.05) is 235 Å². The molecule has 0 saturated carbocycles. The van der Waals surface area contributed by atoms with Crippen LogP contribution in [0, 0.1) is 0 Å². The SMILES string of the molecule is CC/C=C\C/C=C\C/C=C\C/C=C\C/C=C\CC(=O)OC(CO)COP(=O)(O)OCC(COC(=O)CCCCCCCCCCCCC)OC(=O)CCCCCCCCCCC/C=C\CCCCCCCC. The van der Waals surface area contributed by atoms with Gasteiger partial charge in [0.1, 0.15) is 12.7 Å². The molecular formula is C60H105O11P. The molecule has 0 bridgehead atoms. The molecule has 0 aliphatic heterocycles. The number of carbonyl (C=O) groups is 3. The molecule has 0 fully saturated rings. The Hall–Kier alpha value is -3.08. The van der Waals surface area contributed by atoms with Crippen LogP contribution in [0.4, 0.5) is 0 Å². The van der Waals surface area contributed by atoms with Gasteiger partial charge in [0.25, 0.3) is 0 Å². The van der Waals surface area contributed by atoms with E-state index in [1.165, 1.54) is 128 Å². The Labute approximate surface area is 439 Å². The van der Waals surface area contributed by atoms with Gasteiger partial charge in [0.05, 0.1) is 26.2 Å². The molecule has 3 unspecified atom stereocenters. The quantitative estimate of drug-likeness (QED) is 0.0197. The number of hydrogen-bond donors (Lipinski definition) is 2. The summed E-state index contributed by atoms with van der Waals surface area (Å²) in [5, 5.41) is 9.78. The highest BCUT2D eigenvalue weighted by atomic mass is 31.2. The molecular weight excluding hydrogens is 928 g/mol. The highest BCUT2D eigenvalue weighted by molar-refractivity contribution is 7.47. The number of aliphatic hydroxyl groups is 1. The predicted octanol–water partition coefficient (Wildman–Crippen LogP) is 16.9. The molecule has 0 aliphatic rings. The van der Waals surface area contributed by atoms with E-state index >= 15 is 0 Å². The number of ether oxygens (including phenoxy) is 3. The summed E-state index contributed by atoms with van der Waals surface area (Å²) in [5.74, 6) is -1.60. The summed E-state index contributed by atoms with van der Waals surface area (Å²) >= 11 is 0. The number of carbonyl (C=O) groups excluding carboxylic acids is 3. The first-order valence-corrected chi connectivity index (χ1v) is 30.3. The van der Waals surface area contributed by atoms with Crippen LogP contribution >= 0.6 is 7.82 Å². The van der Waals surface area contributed by atoms with Gasteiger partial charge in [-0.05, 0) is 70.6 Å². The van der Waals surface area contributed by atoms with Crippen molar-refractivity contribution in [3.63, 3.8) is 0 Å². The van der Waals surface area contributed by atoms with Crippen LogP contribution < -0.4 is 0 Å². The topological polar surface area (TPSA) is 155 Å². The standard InChI is InChI=1S/C60H105O11P/c1-4-7-10-13-16-19-22-24-26-27-28-29-31-33-36-39-42-45-48-51-60(64)71-57(53-67-58(62)49-46-43-40-37-34-21-18-15-12-9-6-3)55-69-72(65,66)68-54-56(52-61)70-59(63)50-47-44-41-38-35-32-30-25-23-20-17-14-11-8-5-2/h8,11,17,20,24-26,30,35,38,44,47,56-57,61H,4-7,9-10,12-16,18-19,21-23,27-29,31-34,36-37,39-43,45-46,48-55H2,1-3H3,(H,65,66)/b11-8-,20-17-,26-24-,30-25-,38-35-,47-44-. The average molecular weight is 1030 g/mol. The summed E-state index contributed by atoms with van der Waals surface area (Å²) in [4.78, 5) is 48.4. The number of unbranched alkanes of at least 4 members (excludes halogenated alkanes) is 25. The van der Waals surface area contributed by atoms with Crippen LogP contribution in [0.5, 0.6) is 0 Å². The summed E-state index contributed by atoms with van der Waals surface area (Å²) < 4.78 is 39.4. The third-order valence-corrected chi connectivity index (χ3v) is 13.1. The van der Waals surface area contributed by atoms with Crippen molar-refractivity contribution in [2.45, 2.75) is 264 Å². The lowest BCUT2D eigenvalue weighted by molar-refractivity contribution is -0.161. The summed E-state index contributed by atoms with van der Waals surface area (Å²) in [7, 11) is -4.77. The molecule has 0 aromatic rings. The molecule has 12 heteroatoms. The fraction of sp³-hybridized carbons (Fsp3) is 0.750. The van der Waals surface area contributed by atoms with E-state index in [0.717, 1.165) is 64.2 Å². The highest BCUT2D eigenvalue weighted by Gasteiger charge is 2.28. The molecule has 0 heterocycles. The second kappa shape index (κ2) is 54.2. The van der Waals surface area contributed by atoms with E-state index in [4.69, 9.17) is 23.3 Å². The Morgan fingerprint density at radius 2 is 0.778 bits per heavy atom. The van der Waals surface area contributed by atoms with Crippen molar-refractivity contribution in [2.75, 3.05) is 26.4 Å². The normalized spacial score (nSPS) is 13.9. The number of esters is 3. The molecule has 0 amide bonds. The fourth-order valence-corrected chi connectivity index (χ4v) is 8.56. The van der Waals surface area contributed by atoms with E-state index < -0.39 is 57.8 Å². The number of aliphatic hydroxyl groups excluding tert-OH is 1. The Kier molecular flexibility index (Phi) is 51.9. The number of hydrogen-bond acceptors (Lipinski definition) is 10. The summed E-state index contributed by atoms with van der Waals surface area (Å²) in [5.41, 5.74) is 0. The van der Waals surface area contributed by atoms with Gasteiger partial charge >= 0.3 is 25.7 Å². The summed E-state index contributed by atoms with van der Waals surface area (Å²) in [6.07, 6.45) is 60.4. The van der Waals surface area contributed by atoms with Gasteiger partial charge in [0.15, 0.2) is 6.10 Å². The van der Waals surface area contributed by atoms with E-state index in [-0.39, 0.29) is 25.9 Å². The fourth-order valence-electron chi connectivity index (χ4n) is 7.78. The Morgan fingerprint density at radius 1 is 0.417 bits per heavy atom. The number of rotatable bonds is 53. The van der Waals surface area contributed by atoms with Gasteiger partial charge in [0, 0.05) is 12.8 Å². The zero-order valence-electron chi connectivity index (χ0n) is 45.9. The second-order valence-corrected chi connectivity index (χ2v) is 20.5. The van der Waals surface area contributed by atoms with Crippen molar-refractivity contribution in [2.24, 2.45) is 0 Å². The lowest BCUT2D eigenvalue weighted by Crippen LogP contribution is -2.30. The molecule has 3 atom stereocenters. The van der Waals surface area contributed by atoms with Gasteiger partial charge in [-0.3, -0.25) is 23.4 Å². The van der Waals surface area contributed by atoms with E-state index in [9.17, 15) is 28.9 Å². The van der Waals surface area contributed by atoms with Gasteiger partial charge in [-0.25, -0.2) is 4.57 Å². The van der Waals surface area contributed by atoms with E-state index in [1.807, 2.05) is 18.2 Å². The molecule has 416 valence electrons. The minimum atomic E-state index is -4.77. The van der Waals surface area contributed by atoms with Crippen LogP contribution in [0.3, 0.4) is 0 Å². The second-order valence-electron chi connectivity index (χ2n) is 19.1. The minimum Gasteiger partial charge on any atom is -0.462 e. The van der Waals surface area contributed by atoms with Gasteiger partial charge < -0.3 is 24.2 Å². The molecule has 0 aromatic heterocycles. The van der Waals surface area contributed by atoms with Crippen molar-refractivity contribution in [1.82, 2.24) is 0 Å². The molecule has 0 radical (unpaired) electrons. The number of phosphoric ester groups is 1. The highest BCUT2D eigenvalue weighted by Crippen LogP contribution is 2.43. The molecule has 0 spiro atoms. The zero-order valence-corrected chi connectivity index (χ0v) is 46.8. The lowest BCUT2D eigenvalue weighted by Gasteiger charge is -2.21. The molecule has 0 saturated heterocycles. The maximum Gasteiger partial charge on any atom is 0.472 e.